The molecule has 5 heteroatoms. The van der Waals surface area contributed by atoms with Crippen molar-refractivity contribution in [1.82, 2.24) is 0 Å². The van der Waals surface area contributed by atoms with E-state index in [1.165, 1.54) is 0 Å². The summed E-state index contributed by atoms with van der Waals surface area (Å²) in [6, 6.07) is 0. The molecule has 0 aliphatic heterocycles. The Morgan fingerprint density at radius 3 is 1.20 bits per heavy atom. The van der Waals surface area contributed by atoms with Crippen LogP contribution in [0.5, 0.6) is 0 Å². The third kappa shape index (κ3) is 17.7. The van der Waals surface area contributed by atoms with Gasteiger partial charge in [0.15, 0.2) is 0 Å². The van der Waals surface area contributed by atoms with E-state index in [2.05, 4.69) is 0 Å². The van der Waals surface area contributed by atoms with E-state index in [9.17, 15) is 0 Å². The summed E-state index contributed by atoms with van der Waals surface area (Å²) in [5.41, 5.74) is 0. The van der Waals surface area contributed by atoms with Crippen LogP contribution in [0, 0.1) is 0 Å². The van der Waals surface area contributed by atoms with Crippen LogP contribution in [0.1, 0.15) is 8.56 Å². The Morgan fingerprint density at radius 1 is 1.20 bits per heavy atom. The second-order valence-corrected chi connectivity index (χ2v) is 0. The molecule has 0 fully saturated rings. The molecule has 0 amide bonds. The Labute approximate surface area is 154 Å². The third-order valence-corrected chi connectivity index (χ3v) is 0. The second-order valence-electron chi connectivity index (χ2n) is 0. The van der Waals surface area contributed by atoms with Gasteiger partial charge < -0.3 is 8.56 Å². The number of hydrogen-bond donors (Lipinski definition) is 0. The SMILES string of the molecule is [B].[Ca+2].[H-].[H-].[H-].[H-].[H-].[H-].[K+].[Mg+2].[Na+]. The maximum absolute atomic E-state index is 0. The Kier molecular flexibility index (Phi) is 155. The standard InChI is InChI=1S/B.Ca.K.Mg.Na.6H/q;+2;+1;+2;+1;6*-1. The van der Waals surface area contributed by atoms with Crippen molar-refractivity contribution < 1.29 is 89.5 Å². The van der Waals surface area contributed by atoms with Gasteiger partial charge in [-0.3, -0.25) is 0 Å². The summed E-state index contributed by atoms with van der Waals surface area (Å²) in [5.74, 6) is 0. The van der Waals surface area contributed by atoms with Crippen LogP contribution < -0.4 is 80.9 Å². The minimum atomic E-state index is 0. The van der Waals surface area contributed by atoms with E-state index < -0.39 is 0 Å². The van der Waals surface area contributed by atoms with Crippen LogP contribution >= 0.6 is 0 Å². The van der Waals surface area contributed by atoms with Gasteiger partial charge in [0.1, 0.15) is 0 Å². The normalized spacial score (nSPS) is 0. The van der Waals surface area contributed by atoms with Crippen molar-refractivity contribution in [3.8, 4) is 0 Å². The van der Waals surface area contributed by atoms with E-state index in [0.717, 1.165) is 0 Å². The molecule has 5 heavy (non-hydrogen) atoms. The van der Waals surface area contributed by atoms with Crippen LogP contribution in [0.15, 0.2) is 0 Å². The number of hydrogen-bond acceptors (Lipinski definition) is 0. The van der Waals surface area contributed by atoms with Gasteiger partial charge in [-0.25, -0.2) is 0 Å². The first-order valence-electron chi connectivity index (χ1n) is 0. The first kappa shape index (κ1) is 33.2. The first-order chi connectivity index (χ1) is 0. The summed E-state index contributed by atoms with van der Waals surface area (Å²) < 4.78 is 0. The minimum absolute atomic E-state index is 0. The Morgan fingerprint density at radius 2 is 1.20 bits per heavy atom. The summed E-state index contributed by atoms with van der Waals surface area (Å²) in [7, 11) is 0. The van der Waals surface area contributed by atoms with Crippen molar-refractivity contribution in [2.75, 3.05) is 0 Å². The Balaban J connectivity index is 0. The molecule has 0 nitrogen and oxygen atoms in total. The van der Waals surface area contributed by atoms with Gasteiger partial charge in [-0.15, -0.1) is 0 Å². The summed E-state index contributed by atoms with van der Waals surface area (Å²) in [5, 5.41) is 0. The average Bonchev–Trinajstić information content (AvgIpc) is 0. The summed E-state index contributed by atoms with van der Waals surface area (Å²) >= 11 is 0. The van der Waals surface area contributed by atoms with Gasteiger partial charge in [-0.1, -0.05) is 0 Å². The maximum atomic E-state index is 0. The van der Waals surface area contributed by atoms with Gasteiger partial charge in [0.05, 0.1) is 0 Å². The molecule has 3 radical (unpaired) electrons. The van der Waals surface area contributed by atoms with Gasteiger partial charge in [0.2, 0.25) is 0 Å². The van der Waals surface area contributed by atoms with Gasteiger partial charge in [0.25, 0.3) is 0 Å². The van der Waals surface area contributed by atoms with E-state index in [1.807, 2.05) is 0 Å². The molecule has 0 saturated carbocycles. The summed E-state index contributed by atoms with van der Waals surface area (Å²) in [6.07, 6.45) is 0. The van der Waals surface area contributed by atoms with Gasteiger partial charge in [-0.2, -0.15) is 0 Å². The first-order valence-corrected chi connectivity index (χ1v) is 0. The molecule has 0 bridgehead atoms. The Bertz CT molecular complexity index is 22.5. The predicted octanol–water partition coefficient (Wildman–Crippen LogP) is -6.46. The minimum Gasteiger partial charge on any atom is -1.00 e. The fourth-order valence-corrected chi connectivity index (χ4v) is 0. The van der Waals surface area contributed by atoms with Gasteiger partial charge >= 0.3 is 142 Å². The van der Waals surface area contributed by atoms with Crippen molar-refractivity contribution in [3.05, 3.63) is 0 Å². The molecule has 0 unspecified atom stereocenters. The van der Waals surface area contributed by atoms with Crippen molar-refractivity contribution >= 4 is 69.2 Å². The molecule has 0 aliphatic carbocycles. The maximum Gasteiger partial charge on any atom is 2.00 e. The van der Waals surface area contributed by atoms with Crippen molar-refractivity contribution in [1.29, 1.82) is 0 Å². The van der Waals surface area contributed by atoms with Crippen molar-refractivity contribution in [2.24, 2.45) is 0 Å². The molecule has 0 aromatic carbocycles. The van der Waals surface area contributed by atoms with Crippen LogP contribution in [-0.4, -0.2) is 69.2 Å². The molecule has 0 rings (SSSR count). The zero-order valence-electron chi connectivity index (χ0n) is 9.99. The molecule has 0 atom stereocenters. The quantitative estimate of drug-likeness (QED) is 0.296. The van der Waals surface area contributed by atoms with Crippen molar-refractivity contribution in [3.63, 3.8) is 0 Å². The van der Waals surface area contributed by atoms with Gasteiger partial charge in [0, 0.05) is 8.41 Å². The smallest absolute Gasteiger partial charge is 1.00 e. The van der Waals surface area contributed by atoms with Crippen LogP contribution in [0.4, 0.5) is 0 Å². The van der Waals surface area contributed by atoms with E-state index in [4.69, 9.17) is 0 Å². The van der Waals surface area contributed by atoms with E-state index in [0.29, 0.717) is 0 Å². The monoisotopic (exact) mass is 143 g/mol. The zero-order valence-corrected chi connectivity index (χ0v) is 12.7. The molecule has 15 valence electrons. The summed E-state index contributed by atoms with van der Waals surface area (Å²) in [4.78, 5) is 0. The van der Waals surface area contributed by atoms with Crippen molar-refractivity contribution in [2.45, 2.75) is 0 Å². The van der Waals surface area contributed by atoms with Crippen LogP contribution in [-0.2, 0) is 0 Å². The molecule has 0 spiro atoms. The molecular weight excluding hydrogens is 137 g/mol. The molecular formula is H6BCaKMgNa. The second kappa shape index (κ2) is 23.3. The molecule has 0 N–H and O–H groups in total. The molecule has 0 aromatic heterocycles. The number of rotatable bonds is 0. The van der Waals surface area contributed by atoms with Crippen LogP contribution in [0.25, 0.3) is 0 Å². The largest absolute Gasteiger partial charge is 2.00 e. The zero-order chi connectivity index (χ0) is 0. The Hall–Kier alpha value is 4.73. The third-order valence-electron chi connectivity index (χ3n) is 0. The summed E-state index contributed by atoms with van der Waals surface area (Å²) in [6.45, 7) is 0. The fourth-order valence-electron chi connectivity index (χ4n) is 0. The fraction of sp³-hybridized carbons (Fsp3) is 0. The topological polar surface area (TPSA) is 0 Å². The molecule has 0 aromatic rings. The molecule has 0 saturated heterocycles. The van der Waals surface area contributed by atoms with E-state index in [-0.39, 0.29) is 159 Å². The molecule has 0 heterocycles. The molecule has 0 aliphatic rings. The van der Waals surface area contributed by atoms with E-state index >= 15 is 0 Å². The van der Waals surface area contributed by atoms with E-state index in [1.54, 1.807) is 0 Å². The van der Waals surface area contributed by atoms with Crippen LogP contribution in [0.2, 0.25) is 0 Å². The predicted molar refractivity (Wildman–Crippen MR) is 23.9 cm³/mol. The van der Waals surface area contributed by atoms with Gasteiger partial charge in [-0.05, 0) is 0 Å². The van der Waals surface area contributed by atoms with Crippen LogP contribution in [0.3, 0.4) is 0 Å². The average molecular weight is 143 g/mol.